The van der Waals surface area contributed by atoms with Crippen molar-refractivity contribution in [2.75, 3.05) is 0 Å². The number of Topliss-reactive ketones (excluding diaryl/α,β-unsaturated/α-hetero) is 1. The molecule has 0 aliphatic heterocycles. The molecule has 0 saturated carbocycles. The predicted octanol–water partition coefficient (Wildman–Crippen LogP) is 2.85. The van der Waals surface area contributed by atoms with Crippen molar-refractivity contribution >= 4 is 5.78 Å². The maximum absolute atomic E-state index is 13.0. The minimum Gasteiger partial charge on any atom is -0.318 e. The Morgan fingerprint density at radius 2 is 1.56 bits per heavy atom. The number of hydrogen-bond acceptors (Lipinski definition) is 2. The first kappa shape index (κ1) is 12.4. The van der Waals surface area contributed by atoms with Gasteiger partial charge in [-0.1, -0.05) is 30.3 Å². The zero-order valence-corrected chi connectivity index (χ0v) is 9.44. The van der Waals surface area contributed by atoms with Gasteiger partial charge < -0.3 is 5.73 Å². The van der Waals surface area contributed by atoms with Crippen LogP contribution in [0, 0.1) is 11.6 Å². The van der Waals surface area contributed by atoms with E-state index in [4.69, 9.17) is 5.73 Å². The molecule has 0 aromatic heterocycles. The van der Waals surface area contributed by atoms with Gasteiger partial charge in [0.05, 0.1) is 6.04 Å². The topological polar surface area (TPSA) is 43.1 Å². The van der Waals surface area contributed by atoms with Crippen LogP contribution in [0.4, 0.5) is 8.78 Å². The van der Waals surface area contributed by atoms with Crippen LogP contribution in [0.15, 0.2) is 48.5 Å². The second-order valence-electron chi connectivity index (χ2n) is 3.91. The molecule has 18 heavy (non-hydrogen) atoms. The quantitative estimate of drug-likeness (QED) is 0.847. The van der Waals surface area contributed by atoms with Crippen molar-refractivity contribution in [3.63, 3.8) is 0 Å². The van der Waals surface area contributed by atoms with Crippen molar-refractivity contribution in [1.29, 1.82) is 0 Å². The molecular formula is C14H11F2NO. The molecule has 0 amide bonds. The molecule has 0 spiro atoms. The van der Waals surface area contributed by atoms with Gasteiger partial charge in [0.25, 0.3) is 0 Å². The molecule has 0 aliphatic rings. The average Bonchev–Trinajstić information content (AvgIpc) is 2.37. The van der Waals surface area contributed by atoms with E-state index in [9.17, 15) is 13.6 Å². The Morgan fingerprint density at radius 1 is 1.00 bits per heavy atom. The molecule has 0 aliphatic carbocycles. The van der Waals surface area contributed by atoms with E-state index < -0.39 is 23.5 Å². The van der Waals surface area contributed by atoms with Crippen molar-refractivity contribution < 1.29 is 13.6 Å². The lowest BCUT2D eigenvalue weighted by Gasteiger charge is -2.11. The molecule has 0 bridgehead atoms. The van der Waals surface area contributed by atoms with Gasteiger partial charge in [-0.25, -0.2) is 8.78 Å². The maximum atomic E-state index is 13.0. The molecule has 2 aromatic rings. The number of benzene rings is 2. The van der Waals surface area contributed by atoms with E-state index in [1.165, 1.54) is 0 Å². The third-order valence-corrected chi connectivity index (χ3v) is 2.59. The number of ketones is 1. The van der Waals surface area contributed by atoms with Crippen molar-refractivity contribution in [2.24, 2.45) is 5.73 Å². The molecule has 0 radical (unpaired) electrons. The zero-order valence-electron chi connectivity index (χ0n) is 9.44. The number of carbonyl (C=O) groups is 1. The van der Waals surface area contributed by atoms with Crippen LogP contribution in [0.25, 0.3) is 0 Å². The van der Waals surface area contributed by atoms with Crippen molar-refractivity contribution in [3.05, 3.63) is 71.3 Å². The van der Waals surface area contributed by atoms with Gasteiger partial charge in [0.1, 0.15) is 11.6 Å². The summed E-state index contributed by atoms with van der Waals surface area (Å²) in [5.41, 5.74) is 6.31. The smallest absolute Gasteiger partial charge is 0.184 e. The molecule has 4 heteroatoms. The Balaban J connectivity index is 2.31. The fourth-order valence-electron chi connectivity index (χ4n) is 1.69. The first-order valence-electron chi connectivity index (χ1n) is 5.39. The molecule has 2 rings (SSSR count). The highest BCUT2D eigenvalue weighted by Crippen LogP contribution is 2.17. The summed E-state index contributed by atoms with van der Waals surface area (Å²) < 4.78 is 26.0. The molecule has 2 nitrogen and oxygen atoms in total. The maximum Gasteiger partial charge on any atom is 0.184 e. The molecule has 0 heterocycles. The van der Waals surface area contributed by atoms with Crippen LogP contribution in [0.1, 0.15) is 22.0 Å². The Bertz CT molecular complexity index is 549. The Kier molecular flexibility index (Phi) is 3.48. The van der Waals surface area contributed by atoms with E-state index in [2.05, 4.69) is 0 Å². The lowest BCUT2D eigenvalue weighted by atomic mass is 9.98. The molecule has 1 atom stereocenters. The summed E-state index contributed by atoms with van der Waals surface area (Å²) in [7, 11) is 0. The predicted molar refractivity (Wildman–Crippen MR) is 64.1 cm³/mol. The fraction of sp³-hybridized carbons (Fsp3) is 0.0714. The molecule has 1 unspecified atom stereocenters. The highest BCUT2D eigenvalue weighted by molar-refractivity contribution is 6.00. The van der Waals surface area contributed by atoms with Crippen LogP contribution in [0.3, 0.4) is 0 Å². The Labute approximate surface area is 103 Å². The second kappa shape index (κ2) is 5.06. The number of rotatable bonds is 3. The van der Waals surface area contributed by atoms with Gasteiger partial charge in [-0.05, 0) is 17.7 Å². The van der Waals surface area contributed by atoms with Gasteiger partial charge >= 0.3 is 0 Å². The molecule has 2 aromatic carbocycles. The SMILES string of the molecule is NC(C(=O)c1cc(F)cc(F)c1)c1ccccc1. The van der Waals surface area contributed by atoms with Gasteiger partial charge in [-0.2, -0.15) is 0 Å². The van der Waals surface area contributed by atoms with Crippen LogP contribution in [0.5, 0.6) is 0 Å². The van der Waals surface area contributed by atoms with Gasteiger partial charge in [-0.15, -0.1) is 0 Å². The first-order valence-corrected chi connectivity index (χ1v) is 5.39. The Hall–Kier alpha value is -2.07. The van der Waals surface area contributed by atoms with Gasteiger partial charge in [0.15, 0.2) is 5.78 Å². The standard InChI is InChI=1S/C14H11F2NO/c15-11-6-10(7-12(16)8-11)14(18)13(17)9-4-2-1-3-5-9/h1-8,13H,17H2. The second-order valence-corrected chi connectivity index (χ2v) is 3.91. The molecule has 92 valence electrons. The van der Waals surface area contributed by atoms with E-state index in [0.717, 1.165) is 12.1 Å². The van der Waals surface area contributed by atoms with E-state index in [-0.39, 0.29) is 5.56 Å². The van der Waals surface area contributed by atoms with Crippen molar-refractivity contribution in [2.45, 2.75) is 6.04 Å². The van der Waals surface area contributed by atoms with Crippen LogP contribution < -0.4 is 5.73 Å². The number of halogens is 2. The summed E-state index contributed by atoms with van der Waals surface area (Å²) in [4.78, 5) is 12.0. The molecule has 2 N–H and O–H groups in total. The largest absolute Gasteiger partial charge is 0.318 e. The van der Waals surface area contributed by atoms with Gasteiger partial charge in [-0.3, -0.25) is 4.79 Å². The highest BCUT2D eigenvalue weighted by Gasteiger charge is 2.18. The summed E-state index contributed by atoms with van der Waals surface area (Å²) in [6, 6.07) is 10.4. The average molecular weight is 247 g/mol. The normalized spacial score (nSPS) is 12.2. The molecule has 0 saturated heterocycles. The summed E-state index contributed by atoms with van der Waals surface area (Å²) in [6.07, 6.45) is 0. The summed E-state index contributed by atoms with van der Waals surface area (Å²) in [5, 5.41) is 0. The van der Waals surface area contributed by atoms with Crippen LogP contribution in [-0.2, 0) is 0 Å². The van der Waals surface area contributed by atoms with Gasteiger partial charge in [0, 0.05) is 11.6 Å². The lowest BCUT2D eigenvalue weighted by Crippen LogP contribution is -2.21. The highest BCUT2D eigenvalue weighted by atomic mass is 19.1. The lowest BCUT2D eigenvalue weighted by molar-refractivity contribution is 0.0960. The van der Waals surface area contributed by atoms with Crippen LogP contribution >= 0.6 is 0 Å². The van der Waals surface area contributed by atoms with Crippen molar-refractivity contribution in [1.82, 2.24) is 0 Å². The Morgan fingerprint density at radius 3 is 2.11 bits per heavy atom. The first-order chi connectivity index (χ1) is 8.58. The molecule has 0 fully saturated rings. The van der Waals surface area contributed by atoms with E-state index in [1.54, 1.807) is 30.3 Å². The molecular weight excluding hydrogens is 236 g/mol. The number of nitrogens with two attached hydrogens (primary N) is 1. The monoisotopic (exact) mass is 247 g/mol. The van der Waals surface area contributed by atoms with E-state index >= 15 is 0 Å². The summed E-state index contributed by atoms with van der Waals surface area (Å²) in [5.74, 6) is -2.10. The third-order valence-electron chi connectivity index (χ3n) is 2.59. The van der Waals surface area contributed by atoms with Gasteiger partial charge in [0.2, 0.25) is 0 Å². The minimum atomic E-state index is -0.924. The van der Waals surface area contributed by atoms with E-state index in [0.29, 0.717) is 11.6 Å². The fourth-order valence-corrected chi connectivity index (χ4v) is 1.69. The zero-order chi connectivity index (χ0) is 13.1. The summed E-state index contributed by atoms with van der Waals surface area (Å²) in [6.45, 7) is 0. The number of hydrogen-bond donors (Lipinski definition) is 1. The van der Waals surface area contributed by atoms with Crippen molar-refractivity contribution in [3.8, 4) is 0 Å². The van der Waals surface area contributed by atoms with Crippen LogP contribution in [-0.4, -0.2) is 5.78 Å². The third kappa shape index (κ3) is 2.60. The number of carbonyl (C=O) groups excluding carboxylic acids is 1. The summed E-state index contributed by atoms with van der Waals surface area (Å²) >= 11 is 0. The van der Waals surface area contributed by atoms with E-state index in [1.807, 2.05) is 0 Å². The minimum absolute atomic E-state index is 0.0659. The van der Waals surface area contributed by atoms with Crippen LogP contribution in [0.2, 0.25) is 0 Å².